The summed E-state index contributed by atoms with van der Waals surface area (Å²) in [6.45, 7) is 0.843. The van der Waals surface area contributed by atoms with Crippen LogP contribution >= 0.6 is 11.3 Å². The summed E-state index contributed by atoms with van der Waals surface area (Å²) in [5, 5.41) is 20.9. The molecule has 0 bridgehead atoms. The fourth-order valence-electron chi connectivity index (χ4n) is 4.64. The van der Waals surface area contributed by atoms with E-state index in [1.54, 1.807) is 17.7 Å². The number of fused-ring (bicyclic) bond motifs is 1. The molecule has 2 aromatic rings. The Kier molecular flexibility index (Phi) is 6.35. The Bertz CT molecular complexity index is 943. The van der Waals surface area contributed by atoms with Crippen molar-refractivity contribution in [3.8, 4) is 0 Å². The molecule has 10 heteroatoms. The van der Waals surface area contributed by atoms with Crippen molar-refractivity contribution in [3.05, 3.63) is 17.3 Å². The number of aromatic nitrogens is 2. The van der Waals surface area contributed by atoms with E-state index in [2.05, 4.69) is 20.7 Å². The number of nitrogens with zero attached hydrogens (tertiary/aromatic N) is 2. The van der Waals surface area contributed by atoms with Gasteiger partial charge in [0.2, 0.25) is 0 Å². The first kappa shape index (κ1) is 20.9. The van der Waals surface area contributed by atoms with E-state index in [0.717, 1.165) is 28.1 Å². The van der Waals surface area contributed by atoms with Gasteiger partial charge in [-0.15, -0.1) is 11.3 Å². The van der Waals surface area contributed by atoms with Crippen molar-refractivity contribution in [1.82, 2.24) is 9.97 Å². The van der Waals surface area contributed by atoms with E-state index in [-0.39, 0.29) is 18.4 Å². The number of hydrogen-bond donors (Lipinski definition) is 3. The van der Waals surface area contributed by atoms with Crippen molar-refractivity contribution >= 4 is 37.7 Å². The van der Waals surface area contributed by atoms with Crippen LogP contribution in [-0.2, 0) is 14.5 Å². The maximum atomic E-state index is 11.0. The zero-order valence-electron chi connectivity index (χ0n) is 16.3. The van der Waals surface area contributed by atoms with Crippen LogP contribution in [-0.4, -0.2) is 42.7 Å². The molecule has 2 aliphatic rings. The Morgan fingerprint density at radius 2 is 2.03 bits per heavy atom. The number of hydrogen-bond acceptors (Lipinski definition) is 8. The van der Waals surface area contributed by atoms with Crippen LogP contribution in [0.5, 0.6) is 0 Å². The summed E-state index contributed by atoms with van der Waals surface area (Å²) in [5.41, 5.74) is 2.01. The van der Waals surface area contributed by atoms with E-state index in [1.165, 1.54) is 32.1 Å². The molecule has 3 atom stereocenters. The van der Waals surface area contributed by atoms with Gasteiger partial charge in [0.05, 0.1) is 22.9 Å². The van der Waals surface area contributed by atoms with Gasteiger partial charge < -0.3 is 10.4 Å². The van der Waals surface area contributed by atoms with Gasteiger partial charge in [-0.3, -0.25) is 4.18 Å². The summed E-state index contributed by atoms with van der Waals surface area (Å²) in [6, 6.07) is 0. The lowest BCUT2D eigenvalue weighted by atomic mass is 9.89. The van der Waals surface area contributed by atoms with Gasteiger partial charge in [0, 0.05) is 12.5 Å². The summed E-state index contributed by atoms with van der Waals surface area (Å²) in [7, 11) is -4.00. The first-order chi connectivity index (χ1) is 13.9. The molecule has 0 saturated heterocycles. The molecule has 160 valence electrons. The van der Waals surface area contributed by atoms with Gasteiger partial charge in [0.1, 0.15) is 12.1 Å². The number of aliphatic hydroxyl groups excluding tert-OH is 1. The van der Waals surface area contributed by atoms with Gasteiger partial charge in [-0.2, -0.15) is 8.42 Å². The first-order valence-corrected chi connectivity index (χ1v) is 12.6. The molecule has 0 spiro atoms. The molecule has 2 aliphatic carbocycles. The van der Waals surface area contributed by atoms with Crippen LogP contribution in [0.4, 0.5) is 5.82 Å². The normalized spacial score (nSPS) is 26.2. The van der Waals surface area contributed by atoms with Gasteiger partial charge in [-0.05, 0) is 48.5 Å². The summed E-state index contributed by atoms with van der Waals surface area (Å²) in [6.07, 6.45) is 8.69. The third-order valence-corrected chi connectivity index (χ3v) is 7.67. The van der Waals surface area contributed by atoms with Crippen LogP contribution in [0.25, 0.3) is 10.2 Å². The minimum Gasteiger partial charge on any atom is -0.393 e. The van der Waals surface area contributed by atoms with Crippen molar-refractivity contribution < 1.29 is 17.7 Å². The van der Waals surface area contributed by atoms with Gasteiger partial charge in [-0.1, -0.05) is 19.3 Å². The van der Waals surface area contributed by atoms with Crippen LogP contribution in [0.15, 0.2) is 11.7 Å². The highest BCUT2D eigenvalue weighted by Crippen LogP contribution is 2.43. The molecule has 0 radical (unpaired) electrons. The van der Waals surface area contributed by atoms with E-state index < -0.39 is 16.4 Å². The summed E-state index contributed by atoms with van der Waals surface area (Å²) in [4.78, 5) is 8.96. The molecular formula is C19H28N4O4S2. The number of nitrogens with two attached hydrogens (primary N) is 1. The van der Waals surface area contributed by atoms with E-state index in [4.69, 9.17) is 9.32 Å². The standard InChI is InChI=1S/C19H28N4O4S2/c20-29(25,26)27-9-14-6-13(7-16(14)24)15-10-28-18-17(15)22-11-23-19(18)21-8-12-4-2-1-3-5-12/h10-14,16,24H,1-9H2,(H2,20,25,26)(H,21,22,23). The number of rotatable bonds is 7. The Balaban J connectivity index is 1.46. The van der Waals surface area contributed by atoms with Crippen molar-refractivity contribution in [1.29, 1.82) is 0 Å². The average Bonchev–Trinajstić information content (AvgIpc) is 3.28. The second-order valence-electron chi connectivity index (χ2n) is 8.25. The third kappa shape index (κ3) is 5.05. The zero-order valence-corrected chi connectivity index (χ0v) is 17.9. The molecule has 2 saturated carbocycles. The number of thiophene rings is 1. The van der Waals surface area contributed by atoms with Crippen LogP contribution in [0.1, 0.15) is 56.4 Å². The van der Waals surface area contributed by atoms with E-state index in [1.807, 2.05) is 0 Å². The molecular weight excluding hydrogens is 412 g/mol. The summed E-state index contributed by atoms with van der Waals surface area (Å²) in [5.74, 6) is 1.43. The predicted molar refractivity (Wildman–Crippen MR) is 113 cm³/mol. The highest BCUT2D eigenvalue weighted by Gasteiger charge is 2.36. The highest BCUT2D eigenvalue weighted by atomic mass is 32.2. The minimum atomic E-state index is -4.00. The Labute approximate surface area is 175 Å². The lowest BCUT2D eigenvalue weighted by molar-refractivity contribution is 0.101. The van der Waals surface area contributed by atoms with Crippen molar-refractivity contribution in [2.75, 3.05) is 18.5 Å². The quantitative estimate of drug-likeness (QED) is 0.604. The Morgan fingerprint density at radius 1 is 1.24 bits per heavy atom. The maximum absolute atomic E-state index is 11.0. The molecule has 2 fully saturated rings. The molecule has 29 heavy (non-hydrogen) atoms. The lowest BCUT2D eigenvalue weighted by Crippen LogP contribution is -2.24. The lowest BCUT2D eigenvalue weighted by Gasteiger charge is -2.22. The number of anilines is 1. The summed E-state index contributed by atoms with van der Waals surface area (Å²) < 4.78 is 27.8. The molecule has 0 aliphatic heterocycles. The SMILES string of the molecule is NS(=O)(=O)OCC1CC(c2csc3c(NCC4CCCCC4)ncnc23)CC1O. The smallest absolute Gasteiger partial charge is 0.333 e. The molecule has 0 amide bonds. The summed E-state index contributed by atoms with van der Waals surface area (Å²) >= 11 is 1.62. The third-order valence-electron chi connectivity index (χ3n) is 6.21. The maximum Gasteiger partial charge on any atom is 0.333 e. The van der Waals surface area contributed by atoms with E-state index >= 15 is 0 Å². The fraction of sp³-hybridized carbons (Fsp3) is 0.684. The van der Waals surface area contributed by atoms with Crippen molar-refractivity contribution in [3.63, 3.8) is 0 Å². The molecule has 8 nitrogen and oxygen atoms in total. The minimum absolute atomic E-state index is 0.0955. The molecule has 3 unspecified atom stereocenters. The molecule has 0 aromatic carbocycles. The predicted octanol–water partition coefficient (Wildman–Crippen LogP) is 2.76. The highest BCUT2D eigenvalue weighted by molar-refractivity contribution is 7.84. The Hall–Kier alpha value is -1.33. The van der Waals surface area contributed by atoms with E-state index in [0.29, 0.717) is 18.8 Å². The number of aliphatic hydroxyl groups is 1. The van der Waals surface area contributed by atoms with Crippen LogP contribution < -0.4 is 10.5 Å². The molecule has 2 aromatic heterocycles. The monoisotopic (exact) mass is 440 g/mol. The topological polar surface area (TPSA) is 127 Å². The zero-order chi connectivity index (χ0) is 20.4. The van der Waals surface area contributed by atoms with Crippen molar-refractivity contribution in [2.45, 2.75) is 57.0 Å². The molecule has 4 N–H and O–H groups in total. The van der Waals surface area contributed by atoms with Crippen molar-refractivity contribution in [2.24, 2.45) is 17.0 Å². The first-order valence-electron chi connectivity index (χ1n) is 10.2. The molecule has 4 rings (SSSR count). The average molecular weight is 441 g/mol. The second-order valence-corrected chi connectivity index (χ2v) is 10.4. The Morgan fingerprint density at radius 3 is 2.79 bits per heavy atom. The van der Waals surface area contributed by atoms with Crippen LogP contribution in [0.2, 0.25) is 0 Å². The molecule has 2 heterocycles. The van der Waals surface area contributed by atoms with Gasteiger partial charge >= 0.3 is 10.3 Å². The van der Waals surface area contributed by atoms with Gasteiger partial charge in [0.15, 0.2) is 0 Å². The van der Waals surface area contributed by atoms with Gasteiger partial charge in [-0.25, -0.2) is 15.1 Å². The van der Waals surface area contributed by atoms with Gasteiger partial charge in [0.25, 0.3) is 0 Å². The fourth-order valence-corrected chi connectivity index (χ4v) is 6.07. The second kappa shape index (κ2) is 8.81. The van der Waals surface area contributed by atoms with Crippen LogP contribution in [0, 0.1) is 11.8 Å². The van der Waals surface area contributed by atoms with E-state index in [9.17, 15) is 13.5 Å². The largest absolute Gasteiger partial charge is 0.393 e. The van der Waals surface area contributed by atoms with Crippen LogP contribution in [0.3, 0.4) is 0 Å². The number of nitrogens with one attached hydrogen (secondary N) is 1.